The second kappa shape index (κ2) is 5.29. The number of pyridine rings is 1. The third-order valence-corrected chi connectivity index (χ3v) is 2.99. The second-order valence-electron chi connectivity index (χ2n) is 4.32. The van der Waals surface area contributed by atoms with Crippen LogP contribution in [-0.4, -0.2) is 28.9 Å². The molecule has 2 N–H and O–H groups in total. The minimum atomic E-state index is -1.19. The molecule has 0 radical (unpaired) electrons. The lowest BCUT2D eigenvalue weighted by Gasteiger charge is -2.32. The lowest BCUT2D eigenvalue weighted by molar-refractivity contribution is -0.0131. The summed E-state index contributed by atoms with van der Waals surface area (Å²) in [5.74, 6) is 0.0677. The molecule has 0 aliphatic carbocycles. The second-order valence-corrected chi connectivity index (χ2v) is 4.32. The van der Waals surface area contributed by atoms with E-state index in [2.05, 4.69) is 11.6 Å². The SMILES string of the molecule is C=C(C)[C@H](CO)[C@@](C)(O)c1ccc(OC)nc1. The Morgan fingerprint density at radius 2 is 2.24 bits per heavy atom. The van der Waals surface area contributed by atoms with Crippen molar-refractivity contribution in [3.8, 4) is 5.88 Å². The molecule has 0 aromatic carbocycles. The summed E-state index contributed by atoms with van der Waals surface area (Å²) in [4.78, 5) is 4.05. The molecule has 4 heteroatoms. The Bertz CT molecular complexity index is 384. The lowest BCUT2D eigenvalue weighted by Crippen LogP contribution is -2.35. The fraction of sp³-hybridized carbons (Fsp3) is 0.462. The fourth-order valence-electron chi connectivity index (χ4n) is 1.82. The van der Waals surface area contributed by atoms with Gasteiger partial charge in [0.1, 0.15) is 0 Å². The van der Waals surface area contributed by atoms with E-state index in [1.807, 2.05) is 0 Å². The molecule has 1 aromatic heterocycles. The smallest absolute Gasteiger partial charge is 0.212 e. The summed E-state index contributed by atoms with van der Waals surface area (Å²) in [6.07, 6.45) is 1.55. The average molecular weight is 237 g/mol. The molecule has 0 aliphatic rings. The molecule has 0 aliphatic heterocycles. The highest BCUT2D eigenvalue weighted by Gasteiger charge is 2.34. The van der Waals surface area contributed by atoms with Gasteiger partial charge in [0.25, 0.3) is 0 Å². The van der Waals surface area contributed by atoms with Gasteiger partial charge in [-0.1, -0.05) is 12.2 Å². The van der Waals surface area contributed by atoms with Crippen LogP contribution in [0.15, 0.2) is 30.5 Å². The molecular formula is C13H19NO3. The summed E-state index contributed by atoms with van der Waals surface area (Å²) in [5, 5.41) is 19.8. The molecule has 17 heavy (non-hydrogen) atoms. The minimum absolute atomic E-state index is 0.158. The fourth-order valence-corrected chi connectivity index (χ4v) is 1.82. The molecule has 1 aromatic rings. The number of aliphatic hydroxyl groups excluding tert-OH is 1. The van der Waals surface area contributed by atoms with Crippen molar-refractivity contribution >= 4 is 0 Å². The topological polar surface area (TPSA) is 62.6 Å². The van der Waals surface area contributed by atoms with E-state index in [1.54, 1.807) is 32.2 Å². The Morgan fingerprint density at radius 3 is 2.59 bits per heavy atom. The van der Waals surface area contributed by atoms with Crippen LogP contribution >= 0.6 is 0 Å². The Labute approximate surface area is 102 Å². The summed E-state index contributed by atoms with van der Waals surface area (Å²) in [5.41, 5.74) is 0.161. The van der Waals surface area contributed by atoms with Gasteiger partial charge in [0.05, 0.1) is 19.3 Å². The van der Waals surface area contributed by atoms with E-state index in [1.165, 1.54) is 7.11 Å². The van der Waals surface area contributed by atoms with Gasteiger partial charge in [0.15, 0.2) is 0 Å². The van der Waals surface area contributed by atoms with Crippen molar-refractivity contribution < 1.29 is 14.9 Å². The predicted octanol–water partition coefficient (Wildman–Crippen LogP) is 1.48. The third kappa shape index (κ3) is 2.84. The van der Waals surface area contributed by atoms with Crippen molar-refractivity contribution in [2.24, 2.45) is 5.92 Å². The highest BCUT2D eigenvalue weighted by atomic mass is 16.5. The third-order valence-electron chi connectivity index (χ3n) is 2.99. The van der Waals surface area contributed by atoms with E-state index in [0.717, 1.165) is 5.57 Å². The quantitative estimate of drug-likeness (QED) is 0.761. The standard InChI is InChI=1S/C13H19NO3/c1-9(2)11(8-15)13(3,16)10-5-6-12(17-4)14-7-10/h5-7,11,15-16H,1,8H2,2-4H3/t11-,13-/m0/s1. The van der Waals surface area contributed by atoms with E-state index in [0.29, 0.717) is 11.4 Å². The normalized spacial score (nSPS) is 16.1. The van der Waals surface area contributed by atoms with Gasteiger partial charge < -0.3 is 14.9 Å². The number of ether oxygens (including phenoxy) is 1. The molecule has 2 atom stereocenters. The van der Waals surface area contributed by atoms with Crippen LogP contribution in [0, 0.1) is 5.92 Å². The van der Waals surface area contributed by atoms with Gasteiger partial charge in [-0.05, 0) is 19.9 Å². The van der Waals surface area contributed by atoms with Crippen LogP contribution in [0.2, 0.25) is 0 Å². The van der Waals surface area contributed by atoms with Gasteiger partial charge in [0, 0.05) is 23.7 Å². The first-order valence-corrected chi connectivity index (χ1v) is 5.42. The van der Waals surface area contributed by atoms with Gasteiger partial charge in [-0.15, -0.1) is 0 Å². The van der Waals surface area contributed by atoms with Gasteiger partial charge in [-0.2, -0.15) is 0 Å². The largest absolute Gasteiger partial charge is 0.481 e. The maximum Gasteiger partial charge on any atom is 0.212 e. The van der Waals surface area contributed by atoms with Crippen LogP contribution in [0.5, 0.6) is 5.88 Å². The lowest BCUT2D eigenvalue weighted by atomic mass is 9.80. The molecule has 0 saturated heterocycles. The van der Waals surface area contributed by atoms with Gasteiger partial charge >= 0.3 is 0 Å². The van der Waals surface area contributed by atoms with Gasteiger partial charge in [-0.3, -0.25) is 0 Å². The minimum Gasteiger partial charge on any atom is -0.481 e. The summed E-state index contributed by atoms with van der Waals surface area (Å²) < 4.78 is 4.96. The zero-order valence-electron chi connectivity index (χ0n) is 10.5. The summed E-state index contributed by atoms with van der Waals surface area (Å²) >= 11 is 0. The zero-order valence-corrected chi connectivity index (χ0v) is 10.5. The van der Waals surface area contributed by atoms with Crippen molar-refractivity contribution in [2.45, 2.75) is 19.4 Å². The Kier molecular flexibility index (Phi) is 4.26. The van der Waals surface area contributed by atoms with Crippen molar-refractivity contribution in [3.63, 3.8) is 0 Å². The summed E-state index contributed by atoms with van der Waals surface area (Å²) in [6.45, 7) is 7.06. The van der Waals surface area contributed by atoms with Crippen LogP contribution < -0.4 is 4.74 Å². The molecule has 1 heterocycles. The highest BCUT2D eigenvalue weighted by molar-refractivity contribution is 5.26. The van der Waals surface area contributed by atoms with Crippen molar-refractivity contribution in [3.05, 3.63) is 36.0 Å². The first kappa shape index (κ1) is 13.7. The Morgan fingerprint density at radius 1 is 1.59 bits per heavy atom. The molecule has 0 unspecified atom stereocenters. The van der Waals surface area contributed by atoms with Crippen LogP contribution in [-0.2, 0) is 5.60 Å². The first-order valence-electron chi connectivity index (χ1n) is 5.42. The van der Waals surface area contributed by atoms with E-state index in [4.69, 9.17) is 4.74 Å². The number of aromatic nitrogens is 1. The molecule has 0 fully saturated rings. The van der Waals surface area contributed by atoms with Gasteiger partial charge in [-0.25, -0.2) is 4.98 Å². The molecule has 4 nitrogen and oxygen atoms in total. The van der Waals surface area contributed by atoms with E-state index < -0.39 is 11.5 Å². The number of hydrogen-bond donors (Lipinski definition) is 2. The summed E-state index contributed by atoms with van der Waals surface area (Å²) in [6, 6.07) is 3.41. The number of rotatable bonds is 5. The molecule has 0 amide bonds. The monoisotopic (exact) mass is 237 g/mol. The maximum absolute atomic E-state index is 10.5. The van der Waals surface area contributed by atoms with Crippen LogP contribution in [0.1, 0.15) is 19.4 Å². The van der Waals surface area contributed by atoms with Crippen molar-refractivity contribution in [1.29, 1.82) is 0 Å². The van der Waals surface area contributed by atoms with Crippen LogP contribution in [0.25, 0.3) is 0 Å². The molecule has 0 saturated carbocycles. The Balaban J connectivity index is 3.06. The van der Waals surface area contributed by atoms with Crippen molar-refractivity contribution in [1.82, 2.24) is 4.98 Å². The van der Waals surface area contributed by atoms with Crippen LogP contribution in [0.3, 0.4) is 0 Å². The average Bonchev–Trinajstić information content (AvgIpc) is 2.29. The van der Waals surface area contributed by atoms with E-state index in [9.17, 15) is 10.2 Å². The number of nitrogens with zero attached hydrogens (tertiary/aromatic N) is 1. The first-order chi connectivity index (χ1) is 7.93. The summed E-state index contributed by atoms with van der Waals surface area (Å²) in [7, 11) is 1.53. The number of methoxy groups -OCH3 is 1. The van der Waals surface area contributed by atoms with Crippen LogP contribution in [0.4, 0.5) is 0 Å². The number of hydrogen-bond acceptors (Lipinski definition) is 4. The van der Waals surface area contributed by atoms with E-state index in [-0.39, 0.29) is 6.61 Å². The number of aliphatic hydroxyl groups is 2. The Hall–Kier alpha value is -1.39. The van der Waals surface area contributed by atoms with Crippen molar-refractivity contribution in [2.75, 3.05) is 13.7 Å². The maximum atomic E-state index is 10.5. The molecule has 94 valence electrons. The molecule has 0 spiro atoms. The van der Waals surface area contributed by atoms with Gasteiger partial charge in [0.2, 0.25) is 5.88 Å². The van der Waals surface area contributed by atoms with E-state index >= 15 is 0 Å². The molecule has 0 bridgehead atoms. The molecule has 1 rings (SSSR count). The zero-order chi connectivity index (χ0) is 13.1. The highest BCUT2D eigenvalue weighted by Crippen LogP contribution is 2.33. The molecular weight excluding hydrogens is 218 g/mol. The predicted molar refractivity (Wildman–Crippen MR) is 65.7 cm³/mol.